The summed E-state index contributed by atoms with van der Waals surface area (Å²) in [7, 11) is 1.54. The molecule has 2 rings (SSSR count). The summed E-state index contributed by atoms with van der Waals surface area (Å²) in [5.74, 6) is 0.219. The molecule has 0 unspecified atom stereocenters. The average Bonchev–Trinajstić information content (AvgIpc) is 2.55. The van der Waals surface area contributed by atoms with Crippen LogP contribution >= 0.6 is 23.2 Å². The van der Waals surface area contributed by atoms with E-state index in [4.69, 9.17) is 32.8 Å². The van der Waals surface area contributed by atoms with E-state index in [9.17, 15) is 4.79 Å². The van der Waals surface area contributed by atoms with Gasteiger partial charge in [-0.15, -0.1) is 0 Å². The van der Waals surface area contributed by atoms with E-state index in [1.807, 2.05) is 19.1 Å². The Labute approximate surface area is 150 Å². The first-order valence-electron chi connectivity index (χ1n) is 7.05. The molecule has 0 radical (unpaired) electrons. The minimum absolute atomic E-state index is 0.244. The fourth-order valence-electron chi connectivity index (χ4n) is 1.92. The van der Waals surface area contributed by atoms with Crippen molar-refractivity contribution in [3.05, 3.63) is 57.6 Å². The van der Waals surface area contributed by atoms with Crippen molar-refractivity contribution in [1.82, 2.24) is 0 Å². The van der Waals surface area contributed by atoms with Crippen LogP contribution in [0.25, 0.3) is 0 Å². The molecule has 0 spiro atoms. The highest BCUT2D eigenvalue weighted by Gasteiger charge is 2.08. The van der Waals surface area contributed by atoms with Gasteiger partial charge in [-0.1, -0.05) is 46.6 Å². The Bertz CT molecular complexity index is 763. The second-order valence-electron chi connectivity index (χ2n) is 4.90. The van der Waals surface area contributed by atoms with E-state index in [0.717, 1.165) is 5.56 Å². The van der Waals surface area contributed by atoms with Gasteiger partial charge in [0, 0.05) is 5.56 Å². The van der Waals surface area contributed by atoms with Gasteiger partial charge < -0.3 is 14.9 Å². The van der Waals surface area contributed by atoms with Crippen LogP contribution in [0, 0.1) is 6.92 Å². The molecular weight excluding hydrogens is 351 g/mol. The van der Waals surface area contributed by atoms with E-state index < -0.39 is 0 Å². The first-order chi connectivity index (χ1) is 11.5. The number of hydrogen-bond donors (Lipinski definition) is 1. The normalized spacial score (nSPS) is 10.7. The molecule has 0 aromatic heterocycles. The first kappa shape index (κ1) is 18.1. The lowest BCUT2D eigenvalue weighted by atomic mass is 10.2. The number of carbonyl (C=O) groups excluding carboxylic acids is 1. The first-order valence-corrected chi connectivity index (χ1v) is 7.80. The number of ether oxygens (including phenoxy) is 1. The minimum Gasteiger partial charge on any atom is -0.495 e. The van der Waals surface area contributed by atoms with E-state index in [-0.39, 0.29) is 12.5 Å². The Kier molecular flexibility index (Phi) is 6.46. The lowest BCUT2D eigenvalue weighted by molar-refractivity contribution is -0.120. The topological polar surface area (TPSA) is 59.9 Å². The molecule has 0 heterocycles. The molecule has 0 fully saturated rings. The minimum atomic E-state index is -0.353. The van der Waals surface area contributed by atoms with E-state index in [1.54, 1.807) is 24.3 Å². The summed E-state index contributed by atoms with van der Waals surface area (Å²) in [6.07, 6.45) is 1.40. The lowest BCUT2D eigenvalue weighted by Crippen LogP contribution is -2.17. The molecule has 0 atom stereocenters. The highest BCUT2D eigenvalue weighted by atomic mass is 35.5. The van der Waals surface area contributed by atoms with Crippen LogP contribution in [-0.2, 0) is 9.63 Å². The van der Waals surface area contributed by atoms with Gasteiger partial charge in [0.05, 0.1) is 29.1 Å². The Morgan fingerprint density at radius 2 is 2.08 bits per heavy atom. The summed E-state index contributed by atoms with van der Waals surface area (Å²) in [6.45, 7) is 1.68. The van der Waals surface area contributed by atoms with Crippen LogP contribution in [0.3, 0.4) is 0 Å². The molecule has 0 aliphatic heterocycles. The van der Waals surface area contributed by atoms with Gasteiger partial charge in [-0.3, -0.25) is 4.79 Å². The van der Waals surface area contributed by atoms with E-state index in [1.165, 1.54) is 13.3 Å². The molecule has 0 aliphatic rings. The number of halogens is 2. The number of rotatable bonds is 6. The summed E-state index contributed by atoms with van der Waals surface area (Å²) < 4.78 is 5.20. The summed E-state index contributed by atoms with van der Waals surface area (Å²) in [5, 5.41) is 7.23. The fraction of sp³-hybridized carbons (Fsp3) is 0.176. The predicted molar refractivity (Wildman–Crippen MR) is 96.4 cm³/mol. The number of oxime groups is 1. The van der Waals surface area contributed by atoms with E-state index >= 15 is 0 Å². The van der Waals surface area contributed by atoms with Gasteiger partial charge in [-0.05, 0) is 30.7 Å². The van der Waals surface area contributed by atoms with Crippen molar-refractivity contribution in [2.75, 3.05) is 19.0 Å². The van der Waals surface area contributed by atoms with Gasteiger partial charge in [0.1, 0.15) is 5.75 Å². The molecule has 0 aliphatic carbocycles. The van der Waals surface area contributed by atoms with E-state index in [0.29, 0.717) is 27.0 Å². The zero-order chi connectivity index (χ0) is 17.5. The van der Waals surface area contributed by atoms with Crippen molar-refractivity contribution in [3.8, 4) is 5.75 Å². The molecule has 24 heavy (non-hydrogen) atoms. The molecule has 1 N–H and O–H groups in total. The van der Waals surface area contributed by atoms with Gasteiger partial charge >= 0.3 is 0 Å². The molecule has 1 amide bonds. The number of nitrogens with one attached hydrogen (secondary N) is 1. The van der Waals surface area contributed by atoms with Crippen LogP contribution in [0.2, 0.25) is 10.0 Å². The third-order valence-corrected chi connectivity index (χ3v) is 3.91. The van der Waals surface area contributed by atoms with Gasteiger partial charge in [0.15, 0.2) is 6.61 Å². The van der Waals surface area contributed by atoms with Crippen molar-refractivity contribution in [2.45, 2.75) is 6.92 Å². The SMILES string of the molecule is COc1ccc(C)cc1NC(=O)CO/N=C\c1cccc(Cl)c1Cl. The van der Waals surface area contributed by atoms with E-state index in [2.05, 4.69) is 10.5 Å². The maximum absolute atomic E-state index is 11.9. The molecular formula is C17H16Cl2N2O3. The average molecular weight is 367 g/mol. The highest BCUT2D eigenvalue weighted by molar-refractivity contribution is 6.43. The number of aryl methyl sites for hydroxylation is 1. The molecule has 2 aromatic carbocycles. The maximum Gasteiger partial charge on any atom is 0.265 e. The molecule has 126 valence electrons. The summed E-state index contributed by atoms with van der Waals surface area (Å²) in [6, 6.07) is 10.6. The van der Waals surface area contributed by atoms with Gasteiger partial charge in [0.2, 0.25) is 0 Å². The van der Waals surface area contributed by atoms with Crippen LogP contribution in [0.4, 0.5) is 5.69 Å². The Hall–Kier alpha value is -2.24. The predicted octanol–water partition coefficient (Wildman–Crippen LogP) is 4.30. The van der Waals surface area contributed by atoms with Crippen molar-refractivity contribution in [2.24, 2.45) is 5.16 Å². The zero-order valence-electron chi connectivity index (χ0n) is 13.2. The molecule has 0 saturated heterocycles. The zero-order valence-corrected chi connectivity index (χ0v) is 14.7. The Morgan fingerprint density at radius 3 is 2.83 bits per heavy atom. The molecule has 5 nitrogen and oxygen atoms in total. The Balaban J connectivity index is 1.91. The quantitative estimate of drug-likeness (QED) is 0.612. The van der Waals surface area contributed by atoms with Crippen molar-refractivity contribution >= 4 is 41.0 Å². The number of anilines is 1. The van der Waals surface area contributed by atoms with Crippen LogP contribution in [0.5, 0.6) is 5.75 Å². The number of benzene rings is 2. The van der Waals surface area contributed by atoms with Crippen LogP contribution in [-0.4, -0.2) is 25.8 Å². The van der Waals surface area contributed by atoms with Crippen LogP contribution < -0.4 is 10.1 Å². The maximum atomic E-state index is 11.9. The molecule has 0 bridgehead atoms. The second kappa shape index (κ2) is 8.57. The third-order valence-electron chi connectivity index (χ3n) is 3.07. The largest absolute Gasteiger partial charge is 0.495 e. The number of nitrogens with zero attached hydrogens (tertiary/aromatic N) is 1. The van der Waals surface area contributed by atoms with Crippen molar-refractivity contribution in [1.29, 1.82) is 0 Å². The molecule has 2 aromatic rings. The number of carbonyl (C=O) groups is 1. The summed E-state index contributed by atoms with van der Waals surface area (Å²) in [4.78, 5) is 16.9. The molecule has 0 saturated carbocycles. The van der Waals surface area contributed by atoms with Crippen LogP contribution in [0.1, 0.15) is 11.1 Å². The fourth-order valence-corrected chi connectivity index (χ4v) is 2.27. The molecule has 7 heteroatoms. The smallest absolute Gasteiger partial charge is 0.265 e. The number of hydrogen-bond acceptors (Lipinski definition) is 4. The standard InChI is InChI=1S/C17H16Cl2N2O3/c1-11-6-7-15(23-2)14(8-11)21-16(22)10-24-20-9-12-4-3-5-13(18)17(12)19/h3-9H,10H2,1-2H3,(H,21,22)/b20-9-. The second-order valence-corrected chi connectivity index (χ2v) is 5.69. The summed E-state index contributed by atoms with van der Waals surface area (Å²) >= 11 is 11.9. The highest BCUT2D eigenvalue weighted by Crippen LogP contribution is 2.25. The number of methoxy groups -OCH3 is 1. The van der Waals surface area contributed by atoms with Gasteiger partial charge in [0.25, 0.3) is 5.91 Å². The van der Waals surface area contributed by atoms with Crippen molar-refractivity contribution < 1.29 is 14.4 Å². The van der Waals surface area contributed by atoms with Crippen LogP contribution in [0.15, 0.2) is 41.6 Å². The summed E-state index contributed by atoms with van der Waals surface area (Å²) in [5.41, 5.74) is 2.18. The monoisotopic (exact) mass is 366 g/mol. The van der Waals surface area contributed by atoms with Gasteiger partial charge in [-0.25, -0.2) is 0 Å². The lowest BCUT2D eigenvalue weighted by Gasteiger charge is -2.10. The number of amides is 1. The van der Waals surface area contributed by atoms with Gasteiger partial charge in [-0.2, -0.15) is 0 Å². The third kappa shape index (κ3) is 4.88. The van der Waals surface area contributed by atoms with Crippen molar-refractivity contribution in [3.63, 3.8) is 0 Å². The Morgan fingerprint density at radius 1 is 1.29 bits per heavy atom.